The number of aromatic nitrogens is 1. The molecule has 5 nitrogen and oxygen atoms in total. The van der Waals surface area contributed by atoms with Crippen LogP contribution in [0.3, 0.4) is 0 Å². The smallest absolute Gasteiger partial charge is 0.333 e. The van der Waals surface area contributed by atoms with Gasteiger partial charge >= 0.3 is 5.97 Å². The Hall–Kier alpha value is -2.47. The molecule has 1 heterocycles. The minimum Gasteiger partial charge on any atom is -0.467 e. The number of nitrogens with two attached hydrogens (primary N) is 1. The van der Waals surface area contributed by atoms with E-state index in [2.05, 4.69) is 10.3 Å². The molecular formula is C15H15N3O2S. The maximum Gasteiger partial charge on any atom is 0.333 e. The Balaban J connectivity index is 2.29. The van der Waals surface area contributed by atoms with E-state index < -0.39 is 12.0 Å². The lowest BCUT2D eigenvalue weighted by Crippen LogP contribution is -2.23. The number of hydrogen-bond acceptors (Lipinski definition) is 5. The highest BCUT2D eigenvalue weighted by atomic mass is 32.1. The summed E-state index contributed by atoms with van der Waals surface area (Å²) in [6, 6.07) is 12.0. The van der Waals surface area contributed by atoms with E-state index in [0.29, 0.717) is 11.4 Å². The first kappa shape index (κ1) is 14.9. The van der Waals surface area contributed by atoms with Gasteiger partial charge in [0, 0.05) is 11.8 Å². The van der Waals surface area contributed by atoms with Crippen LogP contribution in [0.2, 0.25) is 0 Å². The van der Waals surface area contributed by atoms with Crippen LogP contribution < -0.4 is 11.1 Å². The van der Waals surface area contributed by atoms with E-state index in [1.165, 1.54) is 7.11 Å². The van der Waals surface area contributed by atoms with Crippen LogP contribution >= 0.6 is 12.2 Å². The second-order valence-electron chi connectivity index (χ2n) is 4.31. The highest BCUT2D eigenvalue weighted by Gasteiger charge is 2.21. The number of anilines is 1. The first-order chi connectivity index (χ1) is 10.1. The number of hydrogen-bond donors (Lipinski definition) is 2. The van der Waals surface area contributed by atoms with Gasteiger partial charge < -0.3 is 15.8 Å². The fourth-order valence-corrected chi connectivity index (χ4v) is 1.98. The molecule has 0 aliphatic heterocycles. The molecule has 6 heteroatoms. The third-order valence-electron chi connectivity index (χ3n) is 2.91. The number of nitrogens with zero attached hydrogens (tertiary/aromatic N) is 1. The SMILES string of the molecule is COC(=O)C(Nc1cc(C(N)=S)ccn1)c1ccccc1. The maximum atomic E-state index is 12.0. The maximum absolute atomic E-state index is 12.0. The van der Waals surface area contributed by atoms with E-state index in [1.54, 1.807) is 18.3 Å². The molecule has 1 atom stereocenters. The van der Waals surface area contributed by atoms with Gasteiger partial charge in [0.15, 0.2) is 6.04 Å². The Morgan fingerprint density at radius 2 is 2.05 bits per heavy atom. The van der Waals surface area contributed by atoms with Gasteiger partial charge in [-0.05, 0) is 17.7 Å². The number of carbonyl (C=O) groups is 1. The van der Waals surface area contributed by atoms with Crippen molar-refractivity contribution in [3.05, 3.63) is 59.8 Å². The minimum absolute atomic E-state index is 0.273. The van der Waals surface area contributed by atoms with Crippen molar-refractivity contribution in [1.82, 2.24) is 4.98 Å². The van der Waals surface area contributed by atoms with Gasteiger partial charge in [-0.15, -0.1) is 0 Å². The fourth-order valence-electron chi connectivity index (χ4n) is 1.85. The molecule has 0 amide bonds. The Bertz CT molecular complexity index is 646. The second-order valence-corrected chi connectivity index (χ2v) is 4.75. The molecule has 0 saturated carbocycles. The molecule has 108 valence electrons. The molecule has 0 aliphatic carbocycles. The molecule has 1 unspecified atom stereocenters. The molecule has 2 aromatic rings. The normalized spacial score (nSPS) is 11.5. The van der Waals surface area contributed by atoms with E-state index in [-0.39, 0.29) is 4.99 Å². The van der Waals surface area contributed by atoms with Crippen molar-refractivity contribution in [1.29, 1.82) is 0 Å². The van der Waals surface area contributed by atoms with Crippen molar-refractivity contribution in [3.63, 3.8) is 0 Å². The molecule has 3 N–H and O–H groups in total. The van der Waals surface area contributed by atoms with E-state index in [1.807, 2.05) is 30.3 Å². The lowest BCUT2D eigenvalue weighted by Gasteiger charge is -2.17. The van der Waals surface area contributed by atoms with Gasteiger partial charge in [0.25, 0.3) is 0 Å². The lowest BCUT2D eigenvalue weighted by atomic mass is 10.1. The van der Waals surface area contributed by atoms with Gasteiger partial charge in [-0.25, -0.2) is 9.78 Å². The Kier molecular flexibility index (Phi) is 4.84. The van der Waals surface area contributed by atoms with Gasteiger partial charge in [-0.2, -0.15) is 0 Å². The zero-order chi connectivity index (χ0) is 15.2. The highest BCUT2D eigenvalue weighted by Crippen LogP contribution is 2.20. The van der Waals surface area contributed by atoms with E-state index in [0.717, 1.165) is 5.56 Å². The summed E-state index contributed by atoms with van der Waals surface area (Å²) in [5.74, 6) is 0.100. The van der Waals surface area contributed by atoms with Gasteiger partial charge in [-0.3, -0.25) is 0 Å². The van der Waals surface area contributed by atoms with Crippen molar-refractivity contribution in [2.24, 2.45) is 5.73 Å². The Morgan fingerprint density at radius 3 is 2.67 bits per heavy atom. The number of carbonyl (C=O) groups excluding carboxylic acids is 1. The van der Waals surface area contributed by atoms with Gasteiger partial charge in [0.1, 0.15) is 10.8 Å². The first-order valence-corrected chi connectivity index (χ1v) is 6.68. The second kappa shape index (κ2) is 6.81. The van der Waals surface area contributed by atoms with Crippen LogP contribution in [0.15, 0.2) is 48.7 Å². The molecule has 1 aromatic heterocycles. The van der Waals surface area contributed by atoms with Gasteiger partial charge in [0.2, 0.25) is 0 Å². The van der Waals surface area contributed by atoms with Crippen molar-refractivity contribution >= 4 is 29.0 Å². The zero-order valence-electron chi connectivity index (χ0n) is 11.4. The molecule has 1 aromatic carbocycles. The highest BCUT2D eigenvalue weighted by molar-refractivity contribution is 7.80. The number of esters is 1. The number of thiocarbonyl (C=S) groups is 1. The Labute approximate surface area is 128 Å². The largest absolute Gasteiger partial charge is 0.467 e. The van der Waals surface area contributed by atoms with Crippen molar-refractivity contribution in [3.8, 4) is 0 Å². The van der Waals surface area contributed by atoms with E-state index >= 15 is 0 Å². The summed E-state index contributed by atoms with van der Waals surface area (Å²) in [6.45, 7) is 0. The van der Waals surface area contributed by atoms with Crippen LogP contribution in [0.1, 0.15) is 17.2 Å². The van der Waals surface area contributed by atoms with Crippen LogP contribution in [-0.2, 0) is 9.53 Å². The number of nitrogens with one attached hydrogen (secondary N) is 1. The third-order valence-corrected chi connectivity index (χ3v) is 3.14. The first-order valence-electron chi connectivity index (χ1n) is 6.27. The summed E-state index contributed by atoms with van der Waals surface area (Å²) in [6.07, 6.45) is 1.58. The van der Waals surface area contributed by atoms with Crippen LogP contribution in [-0.4, -0.2) is 23.1 Å². The van der Waals surface area contributed by atoms with E-state index in [9.17, 15) is 4.79 Å². The summed E-state index contributed by atoms with van der Waals surface area (Å²) in [7, 11) is 1.35. The predicted octanol–water partition coefficient (Wildman–Crippen LogP) is 2.04. The fraction of sp³-hybridized carbons (Fsp3) is 0.133. The Morgan fingerprint density at radius 1 is 1.33 bits per heavy atom. The monoisotopic (exact) mass is 301 g/mol. The van der Waals surface area contributed by atoms with Crippen LogP contribution in [0.4, 0.5) is 5.82 Å². The molecule has 0 bridgehead atoms. The van der Waals surface area contributed by atoms with Crippen molar-refractivity contribution in [2.75, 3.05) is 12.4 Å². The molecule has 0 fully saturated rings. The number of pyridine rings is 1. The van der Waals surface area contributed by atoms with Gasteiger partial charge in [0.05, 0.1) is 7.11 Å². The number of methoxy groups -OCH3 is 1. The molecule has 2 rings (SSSR count). The average molecular weight is 301 g/mol. The van der Waals surface area contributed by atoms with Crippen LogP contribution in [0.25, 0.3) is 0 Å². The van der Waals surface area contributed by atoms with Crippen LogP contribution in [0, 0.1) is 0 Å². The molecule has 0 saturated heterocycles. The summed E-state index contributed by atoms with van der Waals surface area (Å²) in [5.41, 5.74) is 7.06. The standard InChI is InChI=1S/C15H15N3O2S/c1-20-15(19)13(10-5-3-2-4-6-10)18-12-9-11(14(16)21)7-8-17-12/h2-9,13H,1H3,(H2,16,21)(H,17,18). The number of ether oxygens (including phenoxy) is 1. The summed E-state index contributed by atoms with van der Waals surface area (Å²) < 4.78 is 4.84. The predicted molar refractivity (Wildman–Crippen MR) is 84.9 cm³/mol. The quantitative estimate of drug-likeness (QED) is 0.650. The molecule has 0 spiro atoms. The average Bonchev–Trinajstić information content (AvgIpc) is 2.53. The summed E-state index contributed by atoms with van der Waals surface area (Å²) >= 11 is 4.93. The molecular weight excluding hydrogens is 286 g/mol. The van der Waals surface area contributed by atoms with Crippen LogP contribution in [0.5, 0.6) is 0 Å². The number of benzene rings is 1. The van der Waals surface area contributed by atoms with Crippen molar-refractivity contribution in [2.45, 2.75) is 6.04 Å². The summed E-state index contributed by atoms with van der Waals surface area (Å²) in [4.78, 5) is 16.4. The molecule has 0 aliphatic rings. The van der Waals surface area contributed by atoms with Gasteiger partial charge in [-0.1, -0.05) is 42.5 Å². The summed E-state index contributed by atoms with van der Waals surface area (Å²) in [5, 5.41) is 3.04. The minimum atomic E-state index is -0.648. The van der Waals surface area contributed by atoms with E-state index in [4.69, 9.17) is 22.7 Å². The molecule has 21 heavy (non-hydrogen) atoms. The zero-order valence-corrected chi connectivity index (χ0v) is 12.3. The lowest BCUT2D eigenvalue weighted by molar-refractivity contribution is -0.141. The third kappa shape index (κ3) is 3.76. The number of rotatable bonds is 5. The molecule has 0 radical (unpaired) electrons. The van der Waals surface area contributed by atoms with Crippen molar-refractivity contribution < 1.29 is 9.53 Å². The topological polar surface area (TPSA) is 77.2 Å².